The van der Waals surface area contributed by atoms with Crippen LogP contribution in [0.3, 0.4) is 0 Å². The normalized spacial score (nSPS) is 12.1. The van der Waals surface area contributed by atoms with Crippen LogP contribution in [0, 0.1) is 0 Å². The molecule has 0 aliphatic carbocycles. The molecule has 0 bridgehead atoms. The summed E-state index contributed by atoms with van der Waals surface area (Å²) < 4.78 is 8.69. The van der Waals surface area contributed by atoms with Crippen LogP contribution in [0.1, 0.15) is 39.1 Å². The minimum absolute atomic E-state index is 0.295. The number of hydrogen-bond acceptors (Lipinski definition) is 3. The van der Waals surface area contributed by atoms with E-state index in [1.54, 1.807) is 0 Å². The first kappa shape index (κ1) is 14.7. The molecule has 0 spiro atoms. The smallest absolute Gasteiger partial charge is 0.0897 e. The van der Waals surface area contributed by atoms with E-state index < -0.39 is 0 Å². The van der Waals surface area contributed by atoms with Crippen LogP contribution in [0.25, 0.3) is 0 Å². The fourth-order valence-corrected chi connectivity index (χ4v) is 2.24. The second-order valence-corrected chi connectivity index (χ2v) is 5.65. The number of hydrogen-bond donors (Lipinski definition) is 1. The van der Waals surface area contributed by atoms with E-state index in [1.165, 1.54) is 0 Å². The van der Waals surface area contributed by atoms with Crippen molar-refractivity contribution in [1.29, 1.82) is 0 Å². The Kier molecular flexibility index (Phi) is 5.16. The fraction of sp³-hybridized carbons (Fsp3) is 0.750. The van der Waals surface area contributed by atoms with Crippen LogP contribution in [0.5, 0.6) is 0 Å². The first-order valence-corrected chi connectivity index (χ1v) is 6.79. The Morgan fingerprint density at radius 1 is 1.41 bits per heavy atom. The molecule has 2 N–H and O–H groups in total. The topological polar surface area (TPSA) is 53.1 Å². The third-order valence-electron chi connectivity index (χ3n) is 2.41. The van der Waals surface area contributed by atoms with Crippen molar-refractivity contribution in [3.63, 3.8) is 0 Å². The summed E-state index contributed by atoms with van der Waals surface area (Å²) in [5, 5.41) is 4.52. The average molecular weight is 304 g/mol. The number of rotatable bonds is 6. The van der Waals surface area contributed by atoms with E-state index in [-0.39, 0.29) is 5.54 Å². The zero-order chi connectivity index (χ0) is 13.1. The lowest BCUT2D eigenvalue weighted by Crippen LogP contribution is -2.37. The van der Waals surface area contributed by atoms with Gasteiger partial charge >= 0.3 is 0 Å². The summed E-state index contributed by atoms with van der Waals surface area (Å²) in [5.74, 6) is 0. The Morgan fingerprint density at radius 2 is 2.06 bits per heavy atom. The lowest BCUT2D eigenvalue weighted by molar-refractivity contribution is 0.0802. The summed E-state index contributed by atoms with van der Waals surface area (Å²) in [6.07, 6.45) is 0.920. The molecule has 0 amide bonds. The van der Waals surface area contributed by atoms with E-state index in [2.05, 4.69) is 34.9 Å². The second-order valence-electron chi connectivity index (χ2n) is 4.86. The summed E-state index contributed by atoms with van der Waals surface area (Å²) >= 11 is 3.59. The predicted molar refractivity (Wildman–Crippen MR) is 72.9 cm³/mol. The van der Waals surface area contributed by atoms with Crippen molar-refractivity contribution in [2.45, 2.75) is 52.8 Å². The van der Waals surface area contributed by atoms with E-state index in [1.807, 2.05) is 18.5 Å². The van der Waals surface area contributed by atoms with Crippen molar-refractivity contribution in [3.8, 4) is 0 Å². The summed E-state index contributed by atoms with van der Waals surface area (Å²) in [5.41, 5.74) is 7.76. The first-order valence-electron chi connectivity index (χ1n) is 5.99. The Bertz CT molecular complexity index is 369. The third-order valence-corrected chi connectivity index (χ3v) is 3.32. The highest BCUT2D eigenvalue weighted by Crippen LogP contribution is 2.23. The van der Waals surface area contributed by atoms with Gasteiger partial charge in [-0.2, -0.15) is 5.10 Å². The molecule has 1 aromatic rings. The summed E-state index contributed by atoms with van der Waals surface area (Å²) in [7, 11) is 0. The van der Waals surface area contributed by atoms with Crippen molar-refractivity contribution >= 4 is 15.9 Å². The second kappa shape index (κ2) is 5.98. The molecule has 98 valence electrons. The van der Waals surface area contributed by atoms with Crippen LogP contribution in [0.4, 0.5) is 0 Å². The van der Waals surface area contributed by atoms with Gasteiger partial charge in [0.1, 0.15) is 0 Å². The van der Waals surface area contributed by atoms with Crippen LogP contribution >= 0.6 is 15.9 Å². The quantitative estimate of drug-likeness (QED) is 0.878. The average Bonchev–Trinajstić information content (AvgIpc) is 2.54. The first-order chi connectivity index (χ1) is 7.89. The van der Waals surface area contributed by atoms with E-state index in [9.17, 15) is 0 Å². The van der Waals surface area contributed by atoms with Gasteiger partial charge in [0.05, 0.1) is 29.1 Å². The van der Waals surface area contributed by atoms with Crippen LogP contribution < -0.4 is 5.73 Å². The number of aryl methyl sites for hydroxylation is 2. The van der Waals surface area contributed by atoms with Crippen LogP contribution in [0.2, 0.25) is 0 Å². The Labute approximate surface area is 112 Å². The van der Waals surface area contributed by atoms with Gasteiger partial charge in [0.15, 0.2) is 0 Å². The number of nitrogens with zero attached hydrogens (tertiary/aromatic N) is 2. The lowest BCUT2D eigenvalue weighted by Gasteiger charge is -2.18. The van der Waals surface area contributed by atoms with Crippen molar-refractivity contribution in [1.82, 2.24) is 9.78 Å². The highest BCUT2D eigenvalue weighted by atomic mass is 79.9. The maximum atomic E-state index is 5.88. The van der Waals surface area contributed by atoms with Gasteiger partial charge in [-0.25, -0.2) is 0 Å². The molecule has 0 radical (unpaired) electrons. The van der Waals surface area contributed by atoms with E-state index >= 15 is 0 Å². The lowest BCUT2D eigenvalue weighted by atomic mass is 10.1. The molecular weight excluding hydrogens is 282 g/mol. The van der Waals surface area contributed by atoms with Crippen molar-refractivity contribution in [3.05, 3.63) is 15.9 Å². The van der Waals surface area contributed by atoms with Crippen molar-refractivity contribution in [2.75, 3.05) is 6.61 Å². The molecule has 0 aliphatic heterocycles. The van der Waals surface area contributed by atoms with Crippen LogP contribution in [-0.4, -0.2) is 21.9 Å². The molecule has 1 heterocycles. The number of halogens is 1. The van der Waals surface area contributed by atoms with Crippen molar-refractivity contribution < 1.29 is 4.74 Å². The molecule has 5 heteroatoms. The molecule has 17 heavy (non-hydrogen) atoms. The molecule has 0 unspecified atom stereocenters. The fourth-order valence-electron chi connectivity index (χ4n) is 1.57. The standard InChI is InChI=1S/C12H22BrN3O/c1-5-9-11(13)10(16(6-2)15-9)7-17-8-12(3,4)14/h5-8,14H2,1-4H3. The molecule has 0 atom stereocenters. The van der Waals surface area contributed by atoms with Crippen molar-refractivity contribution in [2.24, 2.45) is 5.73 Å². The SMILES string of the molecule is CCc1nn(CC)c(COCC(C)(C)N)c1Br. The molecule has 4 nitrogen and oxygen atoms in total. The zero-order valence-corrected chi connectivity index (χ0v) is 12.7. The number of ether oxygens (including phenoxy) is 1. The predicted octanol–water partition coefficient (Wildman–Crippen LogP) is 2.48. The summed E-state index contributed by atoms with van der Waals surface area (Å²) in [6.45, 7) is 10.0. The van der Waals surface area contributed by atoms with Crippen LogP contribution in [0.15, 0.2) is 4.47 Å². The molecular formula is C12H22BrN3O. The Balaban J connectivity index is 2.72. The van der Waals surface area contributed by atoms with Crippen LogP contribution in [-0.2, 0) is 24.3 Å². The highest BCUT2D eigenvalue weighted by molar-refractivity contribution is 9.10. The molecule has 1 rings (SSSR count). The molecule has 0 fully saturated rings. The minimum Gasteiger partial charge on any atom is -0.373 e. The van der Waals surface area contributed by atoms with E-state index in [0.29, 0.717) is 13.2 Å². The molecule has 0 saturated heterocycles. The summed E-state index contributed by atoms with van der Waals surface area (Å²) in [6, 6.07) is 0. The van der Waals surface area contributed by atoms with Gasteiger partial charge in [-0.3, -0.25) is 4.68 Å². The van der Waals surface area contributed by atoms with Gasteiger partial charge in [-0.1, -0.05) is 6.92 Å². The van der Waals surface area contributed by atoms with Gasteiger partial charge in [0.2, 0.25) is 0 Å². The summed E-state index contributed by atoms with van der Waals surface area (Å²) in [4.78, 5) is 0. The maximum absolute atomic E-state index is 5.88. The van der Waals surface area contributed by atoms with Gasteiger partial charge in [0, 0.05) is 12.1 Å². The van der Waals surface area contributed by atoms with Gasteiger partial charge in [-0.15, -0.1) is 0 Å². The van der Waals surface area contributed by atoms with E-state index in [4.69, 9.17) is 10.5 Å². The maximum Gasteiger partial charge on any atom is 0.0897 e. The number of nitrogens with two attached hydrogens (primary N) is 1. The molecule has 0 saturated carbocycles. The van der Waals surface area contributed by atoms with Gasteiger partial charge in [-0.05, 0) is 43.1 Å². The minimum atomic E-state index is -0.295. The largest absolute Gasteiger partial charge is 0.373 e. The van der Waals surface area contributed by atoms with Gasteiger partial charge in [0.25, 0.3) is 0 Å². The molecule has 0 aromatic carbocycles. The Morgan fingerprint density at radius 3 is 2.53 bits per heavy atom. The monoisotopic (exact) mass is 303 g/mol. The van der Waals surface area contributed by atoms with E-state index in [0.717, 1.165) is 28.8 Å². The molecule has 1 aromatic heterocycles. The zero-order valence-electron chi connectivity index (χ0n) is 11.1. The van der Waals surface area contributed by atoms with Gasteiger partial charge < -0.3 is 10.5 Å². The highest BCUT2D eigenvalue weighted by Gasteiger charge is 2.16. The Hall–Kier alpha value is -0.390. The third kappa shape index (κ3) is 4.08. The molecule has 0 aliphatic rings. The number of aromatic nitrogens is 2.